The molecule has 0 saturated carbocycles. The van der Waals surface area contributed by atoms with Crippen molar-refractivity contribution in [3.63, 3.8) is 0 Å². The van der Waals surface area contributed by atoms with Gasteiger partial charge in [0.1, 0.15) is 4.88 Å². The van der Waals surface area contributed by atoms with E-state index in [0.717, 1.165) is 5.56 Å². The lowest BCUT2D eigenvalue weighted by Crippen LogP contribution is -2.48. The molecule has 0 radical (unpaired) electrons. The Bertz CT molecular complexity index is 502. The highest BCUT2D eigenvalue weighted by molar-refractivity contribution is 7.13. The van der Waals surface area contributed by atoms with Gasteiger partial charge < -0.3 is 14.4 Å². The van der Waals surface area contributed by atoms with Crippen molar-refractivity contribution in [3.8, 4) is 0 Å². The van der Waals surface area contributed by atoms with Crippen molar-refractivity contribution in [3.05, 3.63) is 20.8 Å². The molecule has 1 saturated heterocycles. The Morgan fingerprint density at radius 3 is 2.89 bits per heavy atom. The highest BCUT2D eigenvalue weighted by Crippen LogP contribution is 2.28. The maximum atomic E-state index is 12.3. The van der Waals surface area contributed by atoms with Crippen molar-refractivity contribution in [1.82, 2.24) is 4.90 Å². The Balaban J connectivity index is 2.11. The summed E-state index contributed by atoms with van der Waals surface area (Å²) in [4.78, 5) is 25.8. The van der Waals surface area contributed by atoms with Crippen LogP contribution in [0.3, 0.4) is 0 Å². The Morgan fingerprint density at radius 1 is 1.58 bits per heavy atom. The summed E-state index contributed by atoms with van der Waals surface area (Å²) >= 11 is 7.40. The Kier molecular flexibility index (Phi) is 4.44. The zero-order valence-corrected chi connectivity index (χ0v) is 12.2. The number of thiophene rings is 1. The van der Waals surface area contributed by atoms with Gasteiger partial charge in [-0.25, -0.2) is 4.79 Å². The number of esters is 1. The van der Waals surface area contributed by atoms with Crippen LogP contribution in [0.5, 0.6) is 0 Å². The maximum absolute atomic E-state index is 12.3. The van der Waals surface area contributed by atoms with Gasteiger partial charge in [-0.3, -0.25) is 4.79 Å². The zero-order valence-electron chi connectivity index (χ0n) is 10.6. The second-order valence-corrected chi connectivity index (χ2v) is 5.45. The molecule has 5 nitrogen and oxygen atoms in total. The van der Waals surface area contributed by atoms with Crippen LogP contribution < -0.4 is 0 Å². The van der Waals surface area contributed by atoms with E-state index in [0.29, 0.717) is 23.1 Å². The van der Waals surface area contributed by atoms with Gasteiger partial charge >= 0.3 is 5.97 Å². The quantitative estimate of drug-likeness (QED) is 0.781. The van der Waals surface area contributed by atoms with Crippen molar-refractivity contribution >= 4 is 34.8 Å². The average molecular weight is 304 g/mol. The Labute approximate surface area is 120 Å². The molecule has 2 heterocycles. The minimum Gasteiger partial charge on any atom is -0.467 e. The van der Waals surface area contributed by atoms with E-state index in [1.807, 2.05) is 12.3 Å². The van der Waals surface area contributed by atoms with Crippen LogP contribution in [-0.4, -0.2) is 49.7 Å². The highest BCUT2D eigenvalue weighted by atomic mass is 35.5. The molecule has 0 spiro atoms. The van der Waals surface area contributed by atoms with Gasteiger partial charge in [-0.1, -0.05) is 11.6 Å². The van der Waals surface area contributed by atoms with Crippen molar-refractivity contribution < 1.29 is 19.1 Å². The van der Waals surface area contributed by atoms with Gasteiger partial charge in [0.15, 0.2) is 6.10 Å². The molecule has 1 fully saturated rings. The summed E-state index contributed by atoms with van der Waals surface area (Å²) in [6.07, 6.45) is -0.720. The molecule has 0 aromatic carbocycles. The third kappa shape index (κ3) is 2.91. The molecular formula is C12H14ClNO4S. The molecule has 0 N–H and O–H groups in total. The summed E-state index contributed by atoms with van der Waals surface area (Å²) in [6, 6.07) is 0. The molecule has 1 unspecified atom stereocenters. The number of carbonyl (C=O) groups is 2. The minimum atomic E-state index is -0.720. The normalized spacial score (nSPS) is 19.3. The number of rotatable bonds is 2. The molecule has 1 aromatic rings. The van der Waals surface area contributed by atoms with Crippen LogP contribution in [0.4, 0.5) is 0 Å². The van der Waals surface area contributed by atoms with E-state index in [2.05, 4.69) is 4.74 Å². The van der Waals surface area contributed by atoms with E-state index in [9.17, 15) is 9.59 Å². The fourth-order valence-electron chi connectivity index (χ4n) is 1.83. The lowest BCUT2D eigenvalue weighted by Gasteiger charge is -2.31. The first-order chi connectivity index (χ1) is 9.04. The van der Waals surface area contributed by atoms with Crippen LogP contribution in [0.2, 0.25) is 5.02 Å². The third-order valence-corrected chi connectivity index (χ3v) is 4.60. The van der Waals surface area contributed by atoms with E-state index in [1.54, 1.807) is 4.90 Å². The van der Waals surface area contributed by atoms with Gasteiger partial charge in [0.25, 0.3) is 5.91 Å². The molecule has 104 valence electrons. The van der Waals surface area contributed by atoms with E-state index < -0.39 is 12.1 Å². The highest BCUT2D eigenvalue weighted by Gasteiger charge is 2.31. The van der Waals surface area contributed by atoms with Crippen LogP contribution in [0.1, 0.15) is 15.2 Å². The lowest BCUT2D eigenvalue weighted by molar-refractivity contribution is -0.158. The molecule has 1 aromatic heterocycles. The number of aryl methyl sites for hydroxylation is 1. The largest absolute Gasteiger partial charge is 0.467 e. The summed E-state index contributed by atoms with van der Waals surface area (Å²) in [5.74, 6) is -0.633. The van der Waals surface area contributed by atoms with Gasteiger partial charge in [0.05, 0.1) is 25.3 Å². The van der Waals surface area contributed by atoms with Crippen molar-refractivity contribution in [1.29, 1.82) is 0 Å². The topological polar surface area (TPSA) is 55.8 Å². The number of methoxy groups -OCH3 is 1. The Hall–Kier alpha value is -1.11. The fraction of sp³-hybridized carbons (Fsp3) is 0.500. The first-order valence-corrected chi connectivity index (χ1v) is 7.02. The van der Waals surface area contributed by atoms with Crippen LogP contribution in [0, 0.1) is 6.92 Å². The predicted octanol–water partition coefficient (Wildman–Crippen LogP) is 1.72. The molecule has 1 aliphatic heterocycles. The second kappa shape index (κ2) is 5.90. The number of hydrogen-bond donors (Lipinski definition) is 0. The summed E-state index contributed by atoms with van der Waals surface area (Å²) in [5, 5.41) is 2.32. The van der Waals surface area contributed by atoms with Gasteiger partial charge in [0.2, 0.25) is 0 Å². The molecule has 1 atom stereocenters. The molecule has 1 amide bonds. The van der Waals surface area contributed by atoms with E-state index in [1.165, 1.54) is 18.4 Å². The molecule has 2 rings (SSSR count). The number of morpholine rings is 1. The molecule has 1 aliphatic rings. The van der Waals surface area contributed by atoms with Crippen LogP contribution in [0.15, 0.2) is 5.38 Å². The van der Waals surface area contributed by atoms with Gasteiger partial charge in [-0.2, -0.15) is 0 Å². The average Bonchev–Trinajstić information content (AvgIpc) is 2.77. The maximum Gasteiger partial charge on any atom is 0.336 e. The first kappa shape index (κ1) is 14.3. The number of halogens is 1. The Morgan fingerprint density at radius 2 is 2.32 bits per heavy atom. The summed E-state index contributed by atoms with van der Waals surface area (Å²) < 4.78 is 9.91. The molecule has 7 heteroatoms. The van der Waals surface area contributed by atoms with E-state index in [4.69, 9.17) is 16.3 Å². The van der Waals surface area contributed by atoms with E-state index >= 15 is 0 Å². The van der Waals surface area contributed by atoms with Crippen molar-refractivity contribution in [2.24, 2.45) is 0 Å². The number of ether oxygens (including phenoxy) is 2. The number of nitrogens with zero attached hydrogens (tertiary/aromatic N) is 1. The lowest BCUT2D eigenvalue weighted by atomic mass is 10.2. The molecule has 0 aliphatic carbocycles. The van der Waals surface area contributed by atoms with Gasteiger partial charge in [0, 0.05) is 6.54 Å². The number of amides is 1. The first-order valence-electron chi connectivity index (χ1n) is 5.77. The SMILES string of the molecule is COC(=O)C1CN(C(=O)c2scc(C)c2Cl)CCO1. The molecule has 0 bridgehead atoms. The molecular weight excluding hydrogens is 290 g/mol. The summed E-state index contributed by atoms with van der Waals surface area (Å²) in [7, 11) is 1.30. The van der Waals surface area contributed by atoms with Crippen molar-refractivity contribution in [2.75, 3.05) is 26.8 Å². The summed E-state index contributed by atoms with van der Waals surface area (Å²) in [6.45, 7) is 2.80. The van der Waals surface area contributed by atoms with Crippen molar-refractivity contribution in [2.45, 2.75) is 13.0 Å². The fourth-order valence-corrected chi connectivity index (χ4v) is 3.07. The van der Waals surface area contributed by atoms with Gasteiger partial charge in [-0.15, -0.1) is 11.3 Å². The zero-order chi connectivity index (χ0) is 14.0. The monoisotopic (exact) mass is 303 g/mol. The minimum absolute atomic E-state index is 0.166. The van der Waals surface area contributed by atoms with Crippen LogP contribution in [-0.2, 0) is 14.3 Å². The van der Waals surface area contributed by atoms with E-state index in [-0.39, 0.29) is 12.5 Å². The summed E-state index contributed by atoms with van der Waals surface area (Å²) in [5.41, 5.74) is 0.882. The number of carbonyl (C=O) groups excluding carboxylic acids is 2. The van der Waals surface area contributed by atoms with Crippen LogP contribution in [0.25, 0.3) is 0 Å². The standard InChI is InChI=1S/C12H14ClNO4S/c1-7-6-19-10(9(7)13)11(15)14-3-4-18-8(5-14)12(16)17-2/h6,8H,3-5H2,1-2H3. The smallest absolute Gasteiger partial charge is 0.336 e. The van der Waals surface area contributed by atoms with Gasteiger partial charge in [-0.05, 0) is 17.9 Å². The number of hydrogen-bond acceptors (Lipinski definition) is 5. The predicted molar refractivity (Wildman–Crippen MR) is 71.7 cm³/mol. The van der Waals surface area contributed by atoms with Crippen LogP contribution >= 0.6 is 22.9 Å². The third-order valence-electron chi connectivity index (χ3n) is 2.91. The molecule has 19 heavy (non-hydrogen) atoms. The second-order valence-electron chi connectivity index (χ2n) is 4.20.